The Morgan fingerprint density at radius 1 is 0.431 bits per heavy atom. The highest BCUT2D eigenvalue weighted by molar-refractivity contribution is 6.28. The number of rotatable bonds is 4. The Morgan fingerprint density at radius 3 is 1.61 bits per heavy atom. The molecule has 10 rings (SSSR count). The van der Waals surface area contributed by atoms with Crippen LogP contribution >= 0.6 is 0 Å². The van der Waals surface area contributed by atoms with Crippen LogP contribution in [-0.2, 0) is 5.41 Å². The van der Waals surface area contributed by atoms with Crippen molar-refractivity contribution in [3.63, 3.8) is 0 Å². The van der Waals surface area contributed by atoms with Crippen LogP contribution in [0.3, 0.4) is 0 Å². The predicted molar refractivity (Wildman–Crippen MR) is 216 cm³/mol. The van der Waals surface area contributed by atoms with Crippen molar-refractivity contribution in [2.75, 3.05) is 0 Å². The van der Waals surface area contributed by atoms with Crippen molar-refractivity contribution in [3.8, 4) is 44.5 Å². The summed E-state index contributed by atoms with van der Waals surface area (Å²) in [6.07, 6.45) is 3.70. The molecule has 0 aliphatic heterocycles. The van der Waals surface area contributed by atoms with Crippen LogP contribution in [0.1, 0.15) is 26.3 Å². The van der Waals surface area contributed by atoms with Gasteiger partial charge in [0, 0.05) is 28.7 Å². The summed E-state index contributed by atoms with van der Waals surface area (Å²) in [4.78, 5) is 4.21. The Balaban J connectivity index is 1.18. The third kappa shape index (κ3) is 4.75. The first-order valence-electron chi connectivity index (χ1n) is 17.7. The number of furan rings is 1. The number of hydrogen-bond acceptors (Lipinski definition) is 2. The van der Waals surface area contributed by atoms with Gasteiger partial charge in [-0.25, -0.2) is 0 Å². The summed E-state index contributed by atoms with van der Waals surface area (Å²) in [5.74, 6) is 0. The van der Waals surface area contributed by atoms with E-state index >= 15 is 0 Å². The van der Waals surface area contributed by atoms with E-state index in [2.05, 4.69) is 159 Å². The summed E-state index contributed by atoms with van der Waals surface area (Å²) in [5, 5.41) is 10.1. The SMILES string of the molecule is CC(C)(C)c1cc2ccc3c(-c4ccc(-c5ccncc5)cc4)cc(-c4ccc(-c5cccc6c5oc5ccccc56)cc4)c4ccc(c1)c2c34. The zero-order chi connectivity index (χ0) is 34.3. The Morgan fingerprint density at radius 2 is 0.980 bits per heavy atom. The summed E-state index contributed by atoms with van der Waals surface area (Å²) in [6, 6.07) is 53.4. The maximum Gasteiger partial charge on any atom is 0.143 e. The monoisotopic (exact) mass is 653 g/mol. The lowest BCUT2D eigenvalue weighted by atomic mass is 9.81. The minimum absolute atomic E-state index is 0.0613. The number of benzene rings is 8. The van der Waals surface area contributed by atoms with Crippen LogP contribution in [0.2, 0.25) is 0 Å². The van der Waals surface area contributed by atoms with E-state index in [1.165, 1.54) is 71.3 Å². The van der Waals surface area contributed by atoms with Crippen molar-refractivity contribution < 1.29 is 4.42 Å². The van der Waals surface area contributed by atoms with E-state index in [9.17, 15) is 0 Å². The Bertz CT molecular complexity index is 2890. The molecule has 0 spiro atoms. The third-order valence-corrected chi connectivity index (χ3v) is 10.7. The molecule has 0 unspecified atom stereocenters. The first-order chi connectivity index (χ1) is 24.9. The van der Waals surface area contributed by atoms with Crippen LogP contribution < -0.4 is 0 Å². The second-order valence-electron chi connectivity index (χ2n) is 14.8. The zero-order valence-corrected chi connectivity index (χ0v) is 28.9. The van der Waals surface area contributed by atoms with Crippen molar-refractivity contribution >= 4 is 54.3 Å². The van der Waals surface area contributed by atoms with Crippen LogP contribution in [0.5, 0.6) is 0 Å². The predicted octanol–water partition coefficient (Wildman–Crippen LogP) is 13.8. The molecular weight excluding hydrogens is 619 g/mol. The van der Waals surface area contributed by atoms with Gasteiger partial charge in [-0.3, -0.25) is 4.98 Å². The molecule has 2 heteroatoms. The minimum atomic E-state index is 0.0613. The molecule has 0 amide bonds. The largest absolute Gasteiger partial charge is 0.455 e. The molecule has 0 bridgehead atoms. The van der Waals surface area contributed by atoms with E-state index in [1.54, 1.807) is 0 Å². The lowest BCUT2D eigenvalue weighted by Gasteiger charge is -2.23. The molecule has 2 nitrogen and oxygen atoms in total. The van der Waals surface area contributed by atoms with Crippen LogP contribution in [0.4, 0.5) is 0 Å². The van der Waals surface area contributed by atoms with E-state index in [-0.39, 0.29) is 5.41 Å². The van der Waals surface area contributed by atoms with E-state index < -0.39 is 0 Å². The summed E-state index contributed by atoms with van der Waals surface area (Å²) >= 11 is 0. The molecule has 0 saturated carbocycles. The second kappa shape index (κ2) is 11.1. The first kappa shape index (κ1) is 29.6. The van der Waals surface area contributed by atoms with E-state index in [1.807, 2.05) is 24.5 Å². The van der Waals surface area contributed by atoms with Crippen LogP contribution in [-0.4, -0.2) is 4.98 Å². The second-order valence-corrected chi connectivity index (χ2v) is 14.8. The highest BCUT2D eigenvalue weighted by Crippen LogP contribution is 2.46. The molecule has 51 heavy (non-hydrogen) atoms. The van der Waals surface area contributed by atoms with Gasteiger partial charge < -0.3 is 4.42 Å². The van der Waals surface area contributed by atoms with Crippen LogP contribution in [0.15, 0.2) is 162 Å². The van der Waals surface area contributed by atoms with E-state index in [0.29, 0.717) is 0 Å². The number of hydrogen-bond donors (Lipinski definition) is 0. The summed E-state index contributed by atoms with van der Waals surface area (Å²) < 4.78 is 6.40. The molecule has 242 valence electrons. The molecule has 0 atom stereocenters. The molecule has 0 N–H and O–H groups in total. The quantitative estimate of drug-likeness (QED) is 0.177. The average molecular weight is 654 g/mol. The zero-order valence-electron chi connectivity index (χ0n) is 28.9. The molecule has 0 saturated heterocycles. The smallest absolute Gasteiger partial charge is 0.143 e. The van der Waals surface area contributed by atoms with Gasteiger partial charge in [-0.1, -0.05) is 142 Å². The van der Waals surface area contributed by atoms with Gasteiger partial charge in [0.05, 0.1) is 0 Å². The molecule has 2 heterocycles. The number of aromatic nitrogens is 1. The molecule has 0 aliphatic carbocycles. The molecular formula is C49H35NO. The summed E-state index contributed by atoms with van der Waals surface area (Å²) in [7, 11) is 0. The van der Waals surface area contributed by atoms with Gasteiger partial charge in [0.15, 0.2) is 0 Å². The van der Waals surface area contributed by atoms with Crippen molar-refractivity contribution in [2.24, 2.45) is 0 Å². The maximum atomic E-state index is 6.40. The summed E-state index contributed by atoms with van der Waals surface area (Å²) in [5.41, 5.74) is 12.7. The number of nitrogens with zero attached hydrogens (tertiary/aromatic N) is 1. The van der Waals surface area contributed by atoms with Crippen molar-refractivity contribution in [1.29, 1.82) is 0 Å². The molecule has 0 aliphatic rings. The van der Waals surface area contributed by atoms with Crippen LogP contribution in [0, 0.1) is 0 Å². The van der Waals surface area contributed by atoms with Crippen molar-refractivity contribution in [1.82, 2.24) is 4.98 Å². The number of fused-ring (bicyclic) bond motifs is 3. The Labute approximate surface area is 297 Å². The third-order valence-electron chi connectivity index (χ3n) is 10.7. The highest BCUT2D eigenvalue weighted by Gasteiger charge is 2.21. The van der Waals surface area contributed by atoms with Crippen molar-refractivity contribution in [2.45, 2.75) is 26.2 Å². The van der Waals surface area contributed by atoms with E-state index in [0.717, 1.165) is 33.1 Å². The Hall–Kier alpha value is -6.25. The van der Waals surface area contributed by atoms with Gasteiger partial charge in [-0.2, -0.15) is 0 Å². The lowest BCUT2D eigenvalue weighted by Crippen LogP contribution is -2.10. The molecule has 10 aromatic rings. The fraction of sp³-hybridized carbons (Fsp3) is 0.0816. The normalized spacial score (nSPS) is 12.2. The van der Waals surface area contributed by atoms with Gasteiger partial charge >= 0.3 is 0 Å². The molecule has 0 fully saturated rings. The topological polar surface area (TPSA) is 26.0 Å². The van der Waals surface area contributed by atoms with Gasteiger partial charge in [0.2, 0.25) is 0 Å². The number of para-hydroxylation sites is 2. The lowest BCUT2D eigenvalue weighted by molar-refractivity contribution is 0.591. The Kier molecular flexibility index (Phi) is 6.47. The fourth-order valence-corrected chi connectivity index (χ4v) is 8.02. The van der Waals surface area contributed by atoms with Gasteiger partial charge in [-0.05, 0) is 107 Å². The maximum absolute atomic E-state index is 6.40. The standard InChI is InChI=1S/C49H35NO/c1-49(2,3)37-27-35-19-21-40-43(33-13-11-30(12-14-33)31-23-25-50-26-24-31)29-44(41-22-20-36(28-37)46(35)47(40)41)34-17-15-32(16-18-34)38-8-6-9-42-39-7-4-5-10-45(39)51-48(38)42/h4-29H,1-3H3. The van der Waals surface area contributed by atoms with Crippen molar-refractivity contribution in [3.05, 3.63) is 164 Å². The van der Waals surface area contributed by atoms with Gasteiger partial charge in [-0.15, -0.1) is 0 Å². The molecule has 8 aromatic carbocycles. The average Bonchev–Trinajstić information content (AvgIpc) is 3.56. The van der Waals surface area contributed by atoms with Crippen LogP contribution in [0.25, 0.3) is 98.8 Å². The molecule has 0 radical (unpaired) electrons. The van der Waals surface area contributed by atoms with Gasteiger partial charge in [0.25, 0.3) is 0 Å². The van der Waals surface area contributed by atoms with E-state index in [4.69, 9.17) is 4.42 Å². The summed E-state index contributed by atoms with van der Waals surface area (Å²) in [6.45, 7) is 6.89. The van der Waals surface area contributed by atoms with Gasteiger partial charge in [0.1, 0.15) is 11.2 Å². The first-order valence-corrected chi connectivity index (χ1v) is 17.7. The minimum Gasteiger partial charge on any atom is -0.455 e. The fourth-order valence-electron chi connectivity index (χ4n) is 8.02. The highest BCUT2D eigenvalue weighted by atomic mass is 16.3. The molecule has 2 aromatic heterocycles. The number of pyridine rings is 1.